The second kappa shape index (κ2) is 7.39. The van der Waals surface area contributed by atoms with Gasteiger partial charge >= 0.3 is 5.69 Å². The highest BCUT2D eigenvalue weighted by molar-refractivity contribution is 5.43. The minimum atomic E-state index is -0.613. The van der Waals surface area contributed by atoms with Crippen molar-refractivity contribution in [3.05, 3.63) is 75.1 Å². The molecule has 3 rings (SSSR count). The van der Waals surface area contributed by atoms with Crippen LogP contribution in [0.1, 0.15) is 17.4 Å². The molecule has 1 aliphatic rings. The molecule has 2 aromatic rings. The summed E-state index contributed by atoms with van der Waals surface area (Å²) in [5, 5.41) is 0. The lowest BCUT2D eigenvalue weighted by molar-refractivity contribution is -0.118. The third kappa shape index (κ3) is 3.70. The van der Waals surface area contributed by atoms with E-state index in [0.717, 1.165) is 5.56 Å². The van der Waals surface area contributed by atoms with Gasteiger partial charge in [0, 0.05) is 6.20 Å². The Morgan fingerprint density at radius 1 is 1.33 bits per heavy atom. The van der Waals surface area contributed by atoms with Crippen LogP contribution in [0.15, 0.2) is 52.7 Å². The average molecular weight is 330 g/mol. The quantitative estimate of drug-likeness (QED) is 0.862. The number of nitrogens with one attached hydrogen (secondary N) is 1. The first-order valence-corrected chi connectivity index (χ1v) is 7.54. The number of aromatic nitrogens is 2. The molecule has 0 aliphatic carbocycles. The predicted molar refractivity (Wildman–Crippen MR) is 87.4 cm³/mol. The SMILES string of the molecule is C=Cc1cn(C2COC(COCc3ccccc3)O2)c(=O)[nH]c1=O. The van der Waals surface area contributed by atoms with Crippen molar-refractivity contribution in [1.29, 1.82) is 0 Å². The molecule has 2 unspecified atom stereocenters. The van der Waals surface area contributed by atoms with E-state index in [9.17, 15) is 9.59 Å². The minimum Gasteiger partial charge on any atom is -0.371 e. The zero-order valence-electron chi connectivity index (χ0n) is 13.0. The Balaban J connectivity index is 1.58. The van der Waals surface area contributed by atoms with Crippen molar-refractivity contribution >= 4 is 6.08 Å². The molecule has 0 amide bonds. The topological polar surface area (TPSA) is 82.6 Å². The van der Waals surface area contributed by atoms with Gasteiger partial charge < -0.3 is 14.2 Å². The summed E-state index contributed by atoms with van der Waals surface area (Å²) in [5.74, 6) is 0. The maximum absolute atomic E-state index is 11.9. The Labute approximate surface area is 138 Å². The fourth-order valence-corrected chi connectivity index (χ4v) is 2.38. The fourth-order valence-electron chi connectivity index (χ4n) is 2.38. The molecule has 1 aliphatic heterocycles. The van der Waals surface area contributed by atoms with Gasteiger partial charge in [0.25, 0.3) is 5.56 Å². The van der Waals surface area contributed by atoms with E-state index in [-0.39, 0.29) is 13.2 Å². The number of hydrogen-bond acceptors (Lipinski definition) is 5. The summed E-state index contributed by atoms with van der Waals surface area (Å²) < 4.78 is 18.0. The molecule has 1 fully saturated rings. The Hall–Kier alpha value is -2.48. The Kier molecular flexibility index (Phi) is 5.05. The molecule has 0 spiro atoms. The van der Waals surface area contributed by atoms with E-state index in [1.807, 2.05) is 30.3 Å². The lowest BCUT2D eigenvalue weighted by atomic mass is 10.2. The highest BCUT2D eigenvalue weighted by Crippen LogP contribution is 2.20. The molecule has 0 bridgehead atoms. The van der Waals surface area contributed by atoms with Crippen LogP contribution >= 0.6 is 0 Å². The summed E-state index contributed by atoms with van der Waals surface area (Å²) in [7, 11) is 0. The number of rotatable bonds is 6. The van der Waals surface area contributed by atoms with Crippen molar-refractivity contribution < 1.29 is 14.2 Å². The Bertz CT molecular complexity index is 812. The predicted octanol–water partition coefficient (Wildman–Crippen LogP) is 1.27. The molecule has 1 N–H and O–H groups in total. The first-order chi connectivity index (χ1) is 11.7. The van der Waals surface area contributed by atoms with Crippen molar-refractivity contribution in [3.8, 4) is 0 Å². The van der Waals surface area contributed by atoms with Gasteiger partial charge in [-0.3, -0.25) is 14.3 Å². The van der Waals surface area contributed by atoms with E-state index >= 15 is 0 Å². The highest BCUT2D eigenvalue weighted by atomic mass is 16.7. The molecule has 0 radical (unpaired) electrons. The highest BCUT2D eigenvalue weighted by Gasteiger charge is 2.28. The van der Waals surface area contributed by atoms with Crippen LogP contribution in [0.5, 0.6) is 0 Å². The van der Waals surface area contributed by atoms with Crippen LogP contribution < -0.4 is 11.2 Å². The maximum atomic E-state index is 11.9. The molecule has 7 nitrogen and oxygen atoms in total. The van der Waals surface area contributed by atoms with E-state index in [1.165, 1.54) is 16.8 Å². The van der Waals surface area contributed by atoms with Crippen LogP contribution in [0.4, 0.5) is 0 Å². The molecular weight excluding hydrogens is 312 g/mol. The van der Waals surface area contributed by atoms with Crippen LogP contribution in [-0.4, -0.2) is 29.1 Å². The van der Waals surface area contributed by atoms with Crippen LogP contribution in [0.2, 0.25) is 0 Å². The molecule has 1 aromatic carbocycles. The number of aromatic amines is 1. The molecule has 2 atom stereocenters. The molecular formula is C17H18N2O5. The summed E-state index contributed by atoms with van der Waals surface area (Å²) >= 11 is 0. The molecule has 1 aromatic heterocycles. The number of ether oxygens (including phenoxy) is 3. The smallest absolute Gasteiger partial charge is 0.330 e. The minimum absolute atomic E-state index is 0.196. The van der Waals surface area contributed by atoms with Crippen LogP contribution in [0.25, 0.3) is 6.08 Å². The lowest BCUT2D eigenvalue weighted by Crippen LogP contribution is -2.34. The first-order valence-electron chi connectivity index (χ1n) is 7.54. The molecule has 1 saturated heterocycles. The van der Waals surface area contributed by atoms with Gasteiger partial charge in [-0.15, -0.1) is 0 Å². The van der Waals surface area contributed by atoms with Crippen molar-refractivity contribution in [2.75, 3.05) is 13.2 Å². The van der Waals surface area contributed by atoms with E-state index in [0.29, 0.717) is 12.2 Å². The summed E-state index contributed by atoms with van der Waals surface area (Å²) in [6.45, 7) is 4.44. The zero-order valence-corrected chi connectivity index (χ0v) is 13.0. The third-order valence-corrected chi connectivity index (χ3v) is 3.62. The van der Waals surface area contributed by atoms with Gasteiger partial charge in [-0.05, 0) is 5.56 Å². The van der Waals surface area contributed by atoms with Gasteiger partial charge in [-0.1, -0.05) is 43.0 Å². The summed E-state index contributed by atoms with van der Waals surface area (Å²) in [6.07, 6.45) is 1.61. The van der Waals surface area contributed by atoms with Gasteiger partial charge in [0.2, 0.25) is 0 Å². The second-order valence-electron chi connectivity index (χ2n) is 5.31. The largest absolute Gasteiger partial charge is 0.371 e. The van der Waals surface area contributed by atoms with E-state index in [4.69, 9.17) is 14.2 Å². The molecule has 0 saturated carbocycles. The van der Waals surface area contributed by atoms with Crippen LogP contribution in [0.3, 0.4) is 0 Å². The van der Waals surface area contributed by atoms with Crippen molar-refractivity contribution in [2.24, 2.45) is 0 Å². The summed E-state index contributed by atoms with van der Waals surface area (Å²) in [5.41, 5.74) is 0.319. The monoisotopic (exact) mass is 330 g/mol. The standard InChI is InChI=1S/C17H18N2O5/c1-2-13-8-19(17(21)18-16(13)20)14-10-23-15(24-14)11-22-9-12-6-4-3-5-7-12/h2-8,14-15H,1,9-11H2,(H,18,20,21). The van der Waals surface area contributed by atoms with E-state index < -0.39 is 23.8 Å². The molecule has 24 heavy (non-hydrogen) atoms. The third-order valence-electron chi connectivity index (χ3n) is 3.62. The van der Waals surface area contributed by atoms with Crippen molar-refractivity contribution in [2.45, 2.75) is 19.1 Å². The normalized spacial score (nSPS) is 20.2. The number of hydrogen-bond donors (Lipinski definition) is 1. The second-order valence-corrected chi connectivity index (χ2v) is 5.31. The van der Waals surface area contributed by atoms with Crippen molar-refractivity contribution in [3.63, 3.8) is 0 Å². The molecule has 126 valence electrons. The molecule has 2 heterocycles. The maximum Gasteiger partial charge on any atom is 0.330 e. The number of benzene rings is 1. The van der Waals surface area contributed by atoms with Crippen LogP contribution in [-0.2, 0) is 20.8 Å². The van der Waals surface area contributed by atoms with Gasteiger partial charge in [0.05, 0.1) is 25.4 Å². The Morgan fingerprint density at radius 3 is 2.88 bits per heavy atom. The van der Waals surface area contributed by atoms with Gasteiger partial charge in [0.15, 0.2) is 12.5 Å². The fraction of sp³-hybridized carbons (Fsp3) is 0.294. The summed E-state index contributed by atoms with van der Waals surface area (Å²) in [6, 6.07) is 9.76. The summed E-state index contributed by atoms with van der Waals surface area (Å²) in [4.78, 5) is 25.7. The van der Waals surface area contributed by atoms with E-state index in [1.54, 1.807) is 0 Å². The molecule has 7 heteroatoms. The zero-order chi connectivity index (χ0) is 16.9. The van der Waals surface area contributed by atoms with Gasteiger partial charge in [0.1, 0.15) is 0 Å². The lowest BCUT2D eigenvalue weighted by Gasteiger charge is -2.14. The van der Waals surface area contributed by atoms with Gasteiger partial charge in [-0.25, -0.2) is 4.79 Å². The van der Waals surface area contributed by atoms with Crippen LogP contribution in [0, 0.1) is 0 Å². The van der Waals surface area contributed by atoms with Gasteiger partial charge in [-0.2, -0.15) is 0 Å². The first kappa shape index (κ1) is 16.4. The number of nitrogens with zero attached hydrogens (tertiary/aromatic N) is 1. The van der Waals surface area contributed by atoms with Crippen molar-refractivity contribution in [1.82, 2.24) is 9.55 Å². The Morgan fingerprint density at radius 2 is 2.12 bits per heavy atom. The van der Waals surface area contributed by atoms with E-state index in [2.05, 4.69) is 11.6 Å². The number of H-pyrrole nitrogens is 1. The average Bonchev–Trinajstić information content (AvgIpc) is 3.04.